The van der Waals surface area contributed by atoms with E-state index in [2.05, 4.69) is 77.7 Å². The molecule has 0 aromatic rings. The molecule has 0 aromatic heterocycles. The molecular formula is C21H18Co2O6. The molecule has 29 heavy (non-hydrogen) atoms. The minimum Gasteiger partial charge on any atom is -0.102 e. The second-order valence-electron chi connectivity index (χ2n) is 5.66. The Bertz CT molecular complexity index is 570. The van der Waals surface area contributed by atoms with E-state index >= 15 is 0 Å². The summed E-state index contributed by atoms with van der Waals surface area (Å²) in [7, 11) is 0. The number of allylic oxidation sites excluding steroid dienone is 4. The molecule has 4 aliphatic carbocycles. The molecule has 1 spiro atoms. The fourth-order valence-electron chi connectivity index (χ4n) is 4.94. The molecule has 0 saturated heterocycles. The number of hydrogen-bond donors (Lipinski definition) is 0. The molecule has 0 aromatic carbocycles. The maximum atomic E-state index is 7.50. The summed E-state index contributed by atoms with van der Waals surface area (Å²) in [5.74, 6) is 0.407. The van der Waals surface area contributed by atoms with Gasteiger partial charge in [-0.2, -0.15) is 0 Å². The van der Waals surface area contributed by atoms with Gasteiger partial charge in [-0.3, -0.25) is 0 Å². The van der Waals surface area contributed by atoms with E-state index in [4.69, 9.17) is 34.5 Å². The van der Waals surface area contributed by atoms with Gasteiger partial charge in [0.25, 0.3) is 0 Å². The largest absolute Gasteiger partial charge is 0.102 e. The number of hydrogen-bond acceptors (Lipinski definition) is 0. The Labute approximate surface area is 193 Å². The Hall–Kier alpha value is -1.33. The molecule has 6 nitrogen and oxygen atoms in total. The minimum atomic E-state index is 0. The van der Waals surface area contributed by atoms with Gasteiger partial charge in [0.1, 0.15) is 0 Å². The average molecular weight is 484 g/mol. The van der Waals surface area contributed by atoms with Gasteiger partial charge in [0, 0.05) is 50.3 Å². The van der Waals surface area contributed by atoms with Gasteiger partial charge in [-0.1, -0.05) is 31.7 Å². The molecule has 0 heterocycles. The van der Waals surface area contributed by atoms with Crippen LogP contribution in [-0.4, -0.2) is 0 Å². The summed E-state index contributed by atoms with van der Waals surface area (Å²) < 4.78 is 45.0. The Morgan fingerprint density at radius 3 is 1.66 bits per heavy atom. The van der Waals surface area contributed by atoms with Gasteiger partial charge in [0.2, 0.25) is 0 Å². The quantitative estimate of drug-likeness (QED) is 0.324. The summed E-state index contributed by atoms with van der Waals surface area (Å²) in [4.78, 5) is 0. The fraction of sp³-hybridized carbons (Fsp3) is 0.429. The summed E-state index contributed by atoms with van der Waals surface area (Å²) in [6.07, 6.45) is 15.0. The minimum absolute atomic E-state index is 0. The maximum absolute atomic E-state index is 7.50. The topological polar surface area (TPSA) is 119 Å². The van der Waals surface area contributed by atoms with Crippen molar-refractivity contribution in [1.82, 2.24) is 0 Å². The SMILES string of the molecule is [C-]#[O+].[C-]#[O+].[C-]#[O+].[C-]#[O+].[C-]#[O+].[C-]#[O+].[CH]=[C][C@H]1[C@@]23C=CCC[C@@]2(C)[C@]1(C=C)CC3.[Co].[Co]. The summed E-state index contributed by atoms with van der Waals surface area (Å²) >= 11 is 0. The van der Waals surface area contributed by atoms with E-state index in [-0.39, 0.29) is 39.0 Å². The molecule has 0 aliphatic heterocycles. The Balaban J connectivity index is -0.0000000826. The Morgan fingerprint density at radius 2 is 1.31 bits per heavy atom. The van der Waals surface area contributed by atoms with Gasteiger partial charge < -0.3 is 0 Å². The van der Waals surface area contributed by atoms with Gasteiger partial charge in [-0.15, -0.1) is 6.58 Å². The monoisotopic (exact) mass is 484 g/mol. The van der Waals surface area contributed by atoms with E-state index in [0.717, 1.165) is 0 Å². The standard InChI is InChI=1S/C15H18.6CO.2Co/c1-4-12-14(5-2)10-11-15(12)9-7-6-8-13(14,15)3;6*1-2;;/h1,5,7,9,12H,2,6,8,10-11H2,3H3;;;;;;;;/t12-,13+,14-,15+;;;;;;;;/m1......../s1. The van der Waals surface area contributed by atoms with Crippen LogP contribution >= 0.6 is 0 Å². The van der Waals surface area contributed by atoms with E-state index in [9.17, 15) is 0 Å². The molecule has 8 heteroatoms. The van der Waals surface area contributed by atoms with Gasteiger partial charge in [0.15, 0.2) is 0 Å². The summed E-state index contributed by atoms with van der Waals surface area (Å²) in [5, 5.41) is 0. The molecule has 0 unspecified atom stereocenters. The molecule has 2 bridgehead atoms. The van der Waals surface area contributed by atoms with Crippen LogP contribution in [0.25, 0.3) is 0 Å². The predicted octanol–water partition coefficient (Wildman–Crippen LogP) is 3.49. The molecule has 0 N–H and O–H groups in total. The van der Waals surface area contributed by atoms with Crippen molar-refractivity contribution in [3.05, 3.63) is 77.4 Å². The van der Waals surface area contributed by atoms with Crippen molar-refractivity contribution < 1.29 is 61.5 Å². The summed E-state index contributed by atoms with van der Waals surface area (Å²) in [6.45, 7) is 39.2. The zero-order valence-corrected chi connectivity index (χ0v) is 17.6. The van der Waals surface area contributed by atoms with Crippen LogP contribution in [0, 0.1) is 74.7 Å². The van der Waals surface area contributed by atoms with Crippen molar-refractivity contribution >= 4 is 0 Å². The van der Waals surface area contributed by atoms with E-state index in [0.29, 0.717) is 16.7 Å². The molecule has 3 saturated carbocycles. The predicted molar refractivity (Wildman–Crippen MR) is 85.4 cm³/mol. The summed E-state index contributed by atoms with van der Waals surface area (Å²) in [5.41, 5.74) is 0.953. The van der Waals surface area contributed by atoms with Crippen LogP contribution in [-0.2, 0) is 61.5 Å². The zero-order valence-electron chi connectivity index (χ0n) is 15.5. The van der Waals surface area contributed by atoms with E-state index in [1.54, 1.807) is 0 Å². The van der Waals surface area contributed by atoms with Crippen molar-refractivity contribution in [2.45, 2.75) is 32.6 Å². The van der Waals surface area contributed by atoms with Crippen LogP contribution < -0.4 is 0 Å². The van der Waals surface area contributed by atoms with Crippen molar-refractivity contribution in [2.24, 2.45) is 22.2 Å². The van der Waals surface area contributed by atoms with Crippen molar-refractivity contribution in [3.8, 4) is 0 Å². The van der Waals surface area contributed by atoms with Crippen molar-refractivity contribution in [2.75, 3.05) is 0 Å². The van der Waals surface area contributed by atoms with Crippen LogP contribution in [0.15, 0.2) is 24.8 Å². The molecule has 156 valence electrons. The van der Waals surface area contributed by atoms with E-state index in [1.807, 2.05) is 0 Å². The Morgan fingerprint density at radius 1 is 0.897 bits per heavy atom. The second kappa shape index (κ2) is 23.0. The second-order valence-corrected chi connectivity index (χ2v) is 5.66. The zero-order chi connectivity index (χ0) is 22.7. The first kappa shape index (κ1) is 41.9. The first-order valence-electron chi connectivity index (χ1n) is 7.17. The fourth-order valence-corrected chi connectivity index (χ4v) is 4.94. The van der Waals surface area contributed by atoms with Crippen LogP contribution in [0.5, 0.6) is 0 Å². The molecule has 3 fully saturated rings. The van der Waals surface area contributed by atoms with Crippen molar-refractivity contribution in [1.29, 1.82) is 0 Å². The molecule has 4 rings (SSSR count). The van der Waals surface area contributed by atoms with E-state index < -0.39 is 0 Å². The maximum Gasteiger partial charge on any atom is 0.00343 e. The number of fused-ring (bicyclic) bond motifs is 1. The normalized spacial score (nSPS) is 29.2. The van der Waals surface area contributed by atoms with Crippen LogP contribution in [0.3, 0.4) is 0 Å². The van der Waals surface area contributed by atoms with Gasteiger partial charge in [-0.25, -0.2) is 0 Å². The molecular weight excluding hydrogens is 466 g/mol. The molecule has 4 radical (unpaired) electrons. The van der Waals surface area contributed by atoms with Crippen LogP contribution in [0.4, 0.5) is 0 Å². The molecule has 4 atom stereocenters. The van der Waals surface area contributed by atoms with E-state index in [1.165, 1.54) is 25.7 Å². The summed E-state index contributed by atoms with van der Waals surface area (Å²) in [6, 6.07) is 0. The third kappa shape index (κ3) is 6.58. The third-order valence-corrected chi connectivity index (χ3v) is 5.79. The molecule has 4 aliphatic rings. The van der Waals surface area contributed by atoms with Gasteiger partial charge >= 0.3 is 67.8 Å². The number of rotatable bonds is 2. The van der Waals surface area contributed by atoms with Gasteiger partial charge in [0.05, 0.1) is 0 Å². The molecule has 0 amide bonds. The third-order valence-electron chi connectivity index (χ3n) is 5.79. The van der Waals surface area contributed by atoms with Gasteiger partial charge in [-0.05, 0) is 37.2 Å². The van der Waals surface area contributed by atoms with Crippen LogP contribution in [0.2, 0.25) is 0 Å². The average Bonchev–Trinajstić information content (AvgIpc) is 3.28. The smallest absolute Gasteiger partial charge is 0.00343 e. The first-order valence-corrected chi connectivity index (χ1v) is 7.17. The van der Waals surface area contributed by atoms with Crippen molar-refractivity contribution in [3.63, 3.8) is 0 Å². The Kier molecular flexibility index (Phi) is 33.2. The van der Waals surface area contributed by atoms with Crippen LogP contribution in [0.1, 0.15) is 32.6 Å². The first-order chi connectivity index (χ1) is 13.2.